The van der Waals surface area contributed by atoms with Crippen molar-refractivity contribution in [1.29, 1.82) is 0 Å². The molecule has 2 saturated heterocycles. The fourth-order valence-corrected chi connectivity index (χ4v) is 5.21. The molecule has 2 aromatic rings. The average molecular weight is 553 g/mol. The summed E-state index contributed by atoms with van der Waals surface area (Å²) in [6.07, 6.45) is -1.02. The van der Waals surface area contributed by atoms with Crippen LogP contribution in [0.25, 0.3) is 0 Å². The molecule has 3 aliphatic heterocycles. The van der Waals surface area contributed by atoms with Crippen molar-refractivity contribution in [3.05, 3.63) is 69.1 Å². The number of imide groups is 1. The first-order valence-electron chi connectivity index (χ1n) is 12.6. The summed E-state index contributed by atoms with van der Waals surface area (Å²) in [4.78, 5) is 52.7. The van der Waals surface area contributed by atoms with Crippen LogP contribution in [-0.4, -0.2) is 72.5 Å². The van der Waals surface area contributed by atoms with E-state index >= 15 is 4.39 Å². The van der Waals surface area contributed by atoms with Crippen LogP contribution in [0, 0.1) is 28.4 Å². The maximum Gasteiger partial charge on any atom is 0.323 e. The molecule has 3 aliphatic rings. The Kier molecular flexibility index (Phi) is 7.22. The van der Waals surface area contributed by atoms with Gasteiger partial charge >= 0.3 is 6.03 Å². The minimum absolute atomic E-state index is 0.0183. The van der Waals surface area contributed by atoms with Crippen LogP contribution in [0.15, 0.2) is 35.5 Å². The molecule has 0 bridgehead atoms. The molecule has 11 nitrogen and oxygen atoms in total. The first-order valence-corrected chi connectivity index (χ1v) is 12.6. The summed E-state index contributed by atoms with van der Waals surface area (Å²) in [7, 11) is 1.28. The maximum atomic E-state index is 15.2. The van der Waals surface area contributed by atoms with Crippen LogP contribution in [0.2, 0.25) is 0 Å². The van der Waals surface area contributed by atoms with Gasteiger partial charge in [-0.15, -0.1) is 4.91 Å². The van der Waals surface area contributed by atoms with Gasteiger partial charge in [-0.25, -0.2) is 13.6 Å². The number of methoxy groups -OCH3 is 1. The number of carbonyl (C=O) groups excluding carboxylic acids is 3. The number of carbonyl (C=O) groups is 3. The van der Waals surface area contributed by atoms with Gasteiger partial charge in [0.1, 0.15) is 5.82 Å². The number of halogens is 2. The highest BCUT2D eigenvalue weighted by Gasteiger charge is 2.49. The quantitative estimate of drug-likeness (QED) is 0.282. The van der Waals surface area contributed by atoms with Gasteiger partial charge in [0.05, 0.1) is 19.2 Å². The summed E-state index contributed by atoms with van der Waals surface area (Å²) in [5.41, 5.74) is -1.39. The molecule has 0 saturated carbocycles. The van der Waals surface area contributed by atoms with Gasteiger partial charge in [0.25, 0.3) is 11.8 Å². The molecule has 40 heavy (non-hydrogen) atoms. The van der Waals surface area contributed by atoms with Crippen LogP contribution < -0.4 is 20.7 Å². The Balaban J connectivity index is 1.42. The molecular weight excluding hydrogens is 526 g/mol. The van der Waals surface area contributed by atoms with Gasteiger partial charge in [0.2, 0.25) is 5.54 Å². The Morgan fingerprint density at radius 1 is 1.23 bits per heavy atom. The van der Waals surface area contributed by atoms with Crippen molar-refractivity contribution in [1.82, 2.24) is 25.8 Å². The normalized spacial score (nSPS) is 23.1. The highest BCUT2D eigenvalue weighted by Crippen LogP contribution is 2.32. The number of nitroso groups, excluding NO2 is 1. The van der Waals surface area contributed by atoms with Gasteiger partial charge < -0.3 is 20.3 Å². The van der Waals surface area contributed by atoms with E-state index in [0.29, 0.717) is 25.2 Å². The van der Waals surface area contributed by atoms with E-state index < -0.39 is 41.2 Å². The van der Waals surface area contributed by atoms with E-state index in [0.717, 1.165) is 6.07 Å². The smallest absolute Gasteiger partial charge is 0.323 e. The number of benzene rings is 2. The molecule has 2 fully saturated rings. The predicted octanol–water partition coefficient (Wildman–Crippen LogP) is 1.62. The first kappa shape index (κ1) is 27.2. The van der Waals surface area contributed by atoms with Crippen molar-refractivity contribution >= 4 is 17.8 Å². The van der Waals surface area contributed by atoms with E-state index in [1.807, 2.05) is 11.8 Å². The van der Waals surface area contributed by atoms with E-state index in [4.69, 9.17) is 4.74 Å². The highest BCUT2D eigenvalue weighted by molar-refractivity contribution is 6.10. The summed E-state index contributed by atoms with van der Waals surface area (Å²) in [5, 5.41) is 10.9. The SMILES string of the molecule is COc1ccc2c(c1F)C(=O)N(C[C@@]1(C#Cc3ccc(C(N=O)N4CCNC[C@@H]4C)c(F)c3)NC(=O)NC1=O)C2. The van der Waals surface area contributed by atoms with E-state index in [1.54, 1.807) is 6.07 Å². The van der Waals surface area contributed by atoms with E-state index in [-0.39, 0.29) is 41.6 Å². The minimum Gasteiger partial charge on any atom is -0.494 e. The van der Waals surface area contributed by atoms with E-state index in [9.17, 15) is 23.7 Å². The fraction of sp³-hybridized carbons (Fsp3) is 0.370. The van der Waals surface area contributed by atoms with Crippen molar-refractivity contribution in [2.75, 3.05) is 33.3 Å². The van der Waals surface area contributed by atoms with Crippen molar-refractivity contribution in [2.45, 2.75) is 31.2 Å². The molecule has 208 valence electrons. The molecule has 4 amide bonds. The molecule has 1 unspecified atom stereocenters. The Labute approximate surface area is 228 Å². The Morgan fingerprint density at radius 2 is 2.02 bits per heavy atom. The molecular formula is C27H26F2N6O5. The largest absolute Gasteiger partial charge is 0.494 e. The van der Waals surface area contributed by atoms with Crippen LogP contribution in [0.1, 0.15) is 40.1 Å². The van der Waals surface area contributed by atoms with Gasteiger partial charge in [-0.2, -0.15) is 0 Å². The second-order valence-electron chi connectivity index (χ2n) is 9.85. The number of urea groups is 1. The van der Waals surface area contributed by atoms with Gasteiger partial charge in [0.15, 0.2) is 17.7 Å². The number of nitrogens with zero attached hydrogens (tertiary/aromatic N) is 3. The van der Waals surface area contributed by atoms with E-state index in [2.05, 4.69) is 33.0 Å². The molecule has 0 aromatic heterocycles. The average Bonchev–Trinajstić information content (AvgIpc) is 3.40. The number of hydrogen-bond donors (Lipinski definition) is 3. The second kappa shape index (κ2) is 10.6. The predicted molar refractivity (Wildman–Crippen MR) is 138 cm³/mol. The second-order valence-corrected chi connectivity index (χ2v) is 9.85. The maximum absolute atomic E-state index is 15.2. The Bertz CT molecular complexity index is 1470. The Hall–Kier alpha value is -4.41. The molecule has 3 atom stereocenters. The molecule has 3 heterocycles. The lowest BCUT2D eigenvalue weighted by atomic mass is 9.98. The van der Waals surface area contributed by atoms with Gasteiger partial charge in [0, 0.05) is 43.3 Å². The zero-order chi connectivity index (χ0) is 28.6. The van der Waals surface area contributed by atoms with Crippen LogP contribution in [-0.2, 0) is 11.3 Å². The lowest BCUT2D eigenvalue weighted by Gasteiger charge is -2.36. The first-order chi connectivity index (χ1) is 19.2. The number of nitrogens with one attached hydrogen (secondary N) is 3. The molecule has 2 aromatic carbocycles. The lowest BCUT2D eigenvalue weighted by Crippen LogP contribution is -2.54. The van der Waals surface area contributed by atoms with Crippen molar-refractivity contribution in [3.8, 4) is 17.6 Å². The third-order valence-corrected chi connectivity index (χ3v) is 7.31. The van der Waals surface area contributed by atoms with Crippen molar-refractivity contribution in [3.63, 3.8) is 0 Å². The highest BCUT2D eigenvalue weighted by atomic mass is 19.1. The van der Waals surface area contributed by atoms with Crippen molar-refractivity contribution < 1.29 is 27.9 Å². The zero-order valence-electron chi connectivity index (χ0n) is 21.7. The standard InChI is InChI=1S/C27H26F2N6O5/c1-15-12-30-9-10-35(15)23(33-39)18-5-3-16(11-19(18)28)7-8-27(25(37)31-26(38)32-27)14-34-13-17-4-6-20(40-2)22(29)21(17)24(34)36/h3-6,11,15,23,30H,9-10,12-14H2,1-2H3,(H2,31,32,37,38)/t15-,23?,27+/m0/s1. The van der Waals surface area contributed by atoms with Crippen molar-refractivity contribution in [2.24, 2.45) is 5.18 Å². The van der Waals surface area contributed by atoms with Gasteiger partial charge in [-0.05, 0) is 35.9 Å². The number of ether oxygens (including phenoxy) is 1. The molecule has 0 aliphatic carbocycles. The number of hydrogen-bond acceptors (Lipinski definition) is 8. The van der Waals surface area contributed by atoms with Crippen LogP contribution in [0.5, 0.6) is 5.75 Å². The fourth-order valence-electron chi connectivity index (χ4n) is 5.21. The summed E-state index contributed by atoms with van der Waals surface area (Å²) in [6.45, 7) is 3.31. The van der Waals surface area contributed by atoms with Crippen LogP contribution >= 0.6 is 0 Å². The zero-order valence-corrected chi connectivity index (χ0v) is 21.7. The summed E-state index contributed by atoms with van der Waals surface area (Å²) < 4.78 is 34.9. The number of rotatable bonds is 6. The van der Waals surface area contributed by atoms with Gasteiger partial charge in [-0.3, -0.25) is 19.8 Å². The third-order valence-electron chi connectivity index (χ3n) is 7.31. The molecule has 13 heteroatoms. The van der Waals surface area contributed by atoms with Crippen LogP contribution in [0.3, 0.4) is 0 Å². The minimum atomic E-state index is -1.87. The molecule has 0 radical (unpaired) electrons. The number of piperazine rings is 1. The van der Waals surface area contributed by atoms with Crippen LogP contribution in [0.4, 0.5) is 13.6 Å². The molecule has 0 spiro atoms. The lowest BCUT2D eigenvalue weighted by molar-refractivity contribution is -0.122. The van der Waals surface area contributed by atoms with Gasteiger partial charge in [-0.1, -0.05) is 24.0 Å². The van der Waals surface area contributed by atoms with E-state index in [1.165, 1.54) is 30.2 Å². The monoisotopic (exact) mass is 552 g/mol. The summed E-state index contributed by atoms with van der Waals surface area (Å²) in [5.74, 6) is 2.28. The Morgan fingerprint density at radius 3 is 2.67 bits per heavy atom. The number of fused-ring (bicyclic) bond motifs is 1. The third kappa shape index (κ3) is 4.76. The number of amides is 4. The molecule has 5 rings (SSSR count). The summed E-state index contributed by atoms with van der Waals surface area (Å²) in [6, 6.07) is 6.11. The summed E-state index contributed by atoms with van der Waals surface area (Å²) >= 11 is 0. The molecule has 3 N–H and O–H groups in total. The topological polar surface area (TPSA) is 132 Å².